The Bertz CT molecular complexity index is 868. The van der Waals surface area contributed by atoms with Crippen molar-refractivity contribution in [3.05, 3.63) is 57.1 Å². The summed E-state index contributed by atoms with van der Waals surface area (Å²) in [5.41, 5.74) is -0.0141. The van der Waals surface area contributed by atoms with E-state index in [-0.39, 0.29) is 21.3 Å². The average molecular weight is 341 g/mol. The van der Waals surface area contributed by atoms with Crippen LogP contribution >= 0.6 is 11.6 Å². The second kappa shape index (κ2) is 5.82. The third-order valence-electron chi connectivity index (χ3n) is 2.82. The Morgan fingerprint density at radius 1 is 1.27 bits per heavy atom. The molecule has 0 fully saturated rings. The molecule has 2 rings (SSSR count). The van der Waals surface area contributed by atoms with Crippen LogP contribution in [-0.4, -0.2) is 24.8 Å². The number of aryl methyl sites for hydroxylation is 1. The lowest BCUT2D eigenvalue weighted by Gasteiger charge is -2.04. The maximum absolute atomic E-state index is 12.2. The predicted molar refractivity (Wildman–Crippen MR) is 80.5 cm³/mol. The summed E-state index contributed by atoms with van der Waals surface area (Å²) in [6, 6.07) is 3.50. The molecule has 22 heavy (non-hydrogen) atoms. The van der Waals surface area contributed by atoms with E-state index in [0.717, 1.165) is 18.2 Å². The third-order valence-corrected chi connectivity index (χ3v) is 4.41. The van der Waals surface area contributed by atoms with Crippen LogP contribution in [0.3, 0.4) is 0 Å². The summed E-state index contributed by atoms with van der Waals surface area (Å²) in [5.74, 6) is -0.455. The molecule has 1 aromatic carbocycles. The minimum atomic E-state index is -4.16. The predicted octanol–water partition coefficient (Wildman–Crippen LogP) is 2.29. The Morgan fingerprint density at radius 3 is 2.55 bits per heavy atom. The number of nitro groups is 1. The first-order chi connectivity index (χ1) is 10.2. The fourth-order valence-corrected chi connectivity index (χ4v) is 2.86. The Balaban J connectivity index is 2.48. The summed E-state index contributed by atoms with van der Waals surface area (Å²) in [5, 5.41) is 10.7. The molecule has 0 aromatic heterocycles. The van der Waals surface area contributed by atoms with E-state index < -0.39 is 20.7 Å². The number of halogens is 1. The van der Waals surface area contributed by atoms with E-state index >= 15 is 0 Å². The maximum atomic E-state index is 12.2. The highest BCUT2D eigenvalue weighted by atomic mass is 35.5. The molecule has 0 heterocycles. The van der Waals surface area contributed by atoms with Gasteiger partial charge in [-0.05, 0) is 31.2 Å². The summed E-state index contributed by atoms with van der Waals surface area (Å²) in [6.45, 7) is 1.50. The van der Waals surface area contributed by atoms with Gasteiger partial charge in [0.1, 0.15) is 0 Å². The molecular weight excluding hydrogens is 332 g/mol. The van der Waals surface area contributed by atoms with Crippen molar-refractivity contribution in [1.29, 1.82) is 0 Å². The van der Waals surface area contributed by atoms with Crippen LogP contribution in [0.4, 0.5) is 5.69 Å². The van der Waals surface area contributed by atoms with Crippen molar-refractivity contribution < 1.29 is 18.1 Å². The number of rotatable bonds is 3. The van der Waals surface area contributed by atoms with Gasteiger partial charge in [0.25, 0.3) is 15.7 Å². The summed E-state index contributed by atoms with van der Waals surface area (Å²) >= 11 is 5.62. The highest BCUT2D eigenvalue weighted by Crippen LogP contribution is 2.24. The zero-order chi connectivity index (χ0) is 16.5. The lowest BCUT2D eigenvalue weighted by molar-refractivity contribution is -0.385. The normalized spacial score (nSPS) is 16.7. The lowest BCUT2D eigenvalue weighted by atomic mass is 10.2. The molecule has 1 aromatic rings. The lowest BCUT2D eigenvalue weighted by Crippen LogP contribution is -2.07. The topological polar surface area (TPSA) is 107 Å². The van der Waals surface area contributed by atoms with Crippen LogP contribution in [0, 0.1) is 17.0 Å². The quantitative estimate of drug-likeness (QED) is 0.476. The van der Waals surface area contributed by atoms with Crippen LogP contribution in [0.1, 0.15) is 5.56 Å². The van der Waals surface area contributed by atoms with Crippen molar-refractivity contribution in [1.82, 2.24) is 0 Å². The Hall–Kier alpha value is -2.32. The minimum Gasteiger partial charge on any atom is -0.288 e. The van der Waals surface area contributed by atoms with E-state index in [4.69, 9.17) is 11.6 Å². The zero-order valence-electron chi connectivity index (χ0n) is 11.2. The van der Waals surface area contributed by atoms with E-state index in [1.807, 2.05) is 0 Å². The number of ketones is 1. The fourth-order valence-electron chi connectivity index (χ4n) is 1.68. The second-order valence-corrected chi connectivity index (χ2v) is 6.40. The van der Waals surface area contributed by atoms with Gasteiger partial charge in [-0.2, -0.15) is 12.8 Å². The van der Waals surface area contributed by atoms with Crippen molar-refractivity contribution in [3.8, 4) is 0 Å². The van der Waals surface area contributed by atoms with Gasteiger partial charge < -0.3 is 0 Å². The van der Waals surface area contributed by atoms with E-state index in [1.54, 1.807) is 0 Å². The van der Waals surface area contributed by atoms with Gasteiger partial charge in [-0.1, -0.05) is 17.7 Å². The molecule has 0 aliphatic heterocycles. The van der Waals surface area contributed by atoms with E-state index in [0.29, 0.717) is 5.56 Å². The summed E-state index contributed by atoms with van der Waals surface area (Å²) in [6.07, 6.45) is 3.41. The Morgan fingerprint density at radius 2 is 1.95 bits per heavy atom. The van der Waals surface area contributed by atoms with Gasteiger partial charge >= 0.3 is 0 Å². The van der Waals surface area contributed by atoms with Crippen molar-refractivity contribution in [2.75, 3.05) is 0 Å². The first-order valence-electron chi connectivity index (χ1n) is 5.90. The van der Waals surface area contributed by atoms with Gasteiger partial charge in [0.15, 0.2) is 5.78 Å². The number of carbonyl (C=O) groups is 1. The molecule has 0 saturated heterocycles. The van der Waals surface area contributed by atoms with Crippen molar-refractivity contribution in [3.63, 3.8) is 0 Å². The molecule has 0 radical (unpaired) electrons. The molecule has 1 aliphatic carbocycles. The van der Waals surface area contributed by atoms with Gasteiger partial charge in [0.2, 0.25) is 0 Å². The van der Waals surface area contributed by atoms with Crippen molar-refractivity contribution in [2.45, 2.75) is 11.8 Å². The molecule has 0 atom stereocenters. The Labute approximate surface area is 130 Å². The highest BCUT2D eigenvalue weighted by molar-refractivity contribution is 7.90. The van der Waals surface area contributed by atoms with E-state index in [2.05, 4.69) is 4.40 Å². The zero-order valence-corrected chi connectivity index (χ0v) is 12.8. The number of hydrogen-bond acceptors (Lipinski definition) is 5. The van der Waals surface area contributed by atoms with Gasteiger partial charge in [0, 0.05) is 11.6 Å². The first kappa shape index (κ1) is 16.1. The van der Waals surface area contributed by atoms with E-state index in [9.17, 15) is 23.3 Å². The number of benzene rings is 1. The molecule has 0 saturated carbocycles. The molecule has 0 bridgehead atoms. The summed E-state index contributed by atoms with van der Waals surface area (Å²) in [4.78, 5) is 21.1. The standard InChI is InChI=1S/C13H9ClN2O5S/c1-8-2-4-10(7-12(8)16(18)19)22(20,21)15-9-3-5-13(17)11(14)6-9/h2-7H,1H3/b15-9+. The SMILES string of the molecule is Cc1ccc(S(=O)(=O)/N=C2\C=CC(=O)C(Cl)=C2)cc1[N+](=O)[O-]. The van der Waals surface area contributed by atoms with Crippen LogP contribution in [0.2, 0.25) is 0 Å². The van der Waals surface area contributed by atoms with Crippen LogP contribution in [-0.2, 0) is 14.8 Å². The molecule has 114 valence electrons. The van der Waals surface area contributed by atoms with Gasteiger partial charge in [-0.25, -0.2) is 0 Å². The number of hydrogen-bond donors (Lipinski definition) is 0. The number of nitro benzene ring substituents is 1. The fraction of sp³-hybridized carbons (Fsp3) is 0.0769. The third kappa shape index (κ3) is 3.29. The molecule has 9 heteroatoms. The average Bonchev–Trinajstić information content (AvgIpc) is 2.42. The Kier molecular flexibility index (Phi) is 4.25. The molecule has 1 aliphatic rings. The number of sulfonamides is 1. The second-order valence-electron chi connectivity index (χ2n) is 4.39. The highest BCUT2D eigenvalue weighted by Gasteiger charge is 2.20. The van der Waals surface area contributed by atoms with Crippen LogP contribution in [0.25, 0.3) is 0 Å². The monoisotopic (exact) mass is 340 g/mol. The molecular formula is C13H9ClN2O5S. The van der Waals surface area contributed by atoms with Crippen LogP contribution in [0.15, 0.2) is 50.8 Å². The summed E-state index contributed by atoms with van der Waals surface area (Å²) < 4.78 is 27.9. The number of carbonyl (C=O) groups excluding carboxylic acids is 1. The van der Waals surface area contributed by atoms with Gasteiger partial charge in [-0.3, -0.25) is 14.9 Å². The van der Waals surface area contributed by atoms with Crippen molar-refractivity contribution >= 4 is 38.8 Å². The molecule has 0 spiro atoms. The molecule has 7 nitrogen and oxygen atoms in total. The van der Waals surface area contributed by atoms with Crippen LogP contribution in [0.5, 0.6) is 0 Å². The summed E-state index contributed by atoms with van der Waals surface area (Å²) in [7, 11) is -4.16. The van der Waals surface area contributed by atoms with E-state index in [1.165, 1.54) is 25.1 Å². The number of nitrogens with zero attached hydrogens (tertiary/aromatic N) is 2. The largest absolute Gasteiger partial charge is 0.288 e. The van der Waals surface area contributed by atoms with Crippen LogP contribution < -0.4 is 0 Å². The molecule has 0 N–H and O–H groups in total. The molecule has 0 amide bonds. The maximum Gasteiger partial charge on any atom is 0.283 e. The number of allylic oxidation sites excluding steroid dienone is 4. The first-order valence-corrected chi connectivity index (χ1v) is 7.72. The minimum absolute atomic E-state index is 0.0344. The smallest absolute Gasteiger partial charge is 0.283 e. The van der Waals surface area contributed by atoms with Gasteiger partial charge in [0.05, 0.1) is 20.6 Å². The van der Waals surface area contributed by atoms with Gasteiger partial charge in [-0.15, -0.1) is 0 Å². The van der Waals surface area contributed by atoms with Crippen molar-refractivity contribution in [2.24, 2.45) is 4.40 Å². The molecule has 0 unspecified atom stereocenters.